The molecule has 0 aliphatic rings. The largest absolute Gasteiger partial charge is 0.463 e. The highest BCUT2D eigenvalue weighted by atomic mass is 16.5. The molecular formula is C13H24N2O3. The highest BCUT2D eigenvalue weighted by Crippen LogP contribution is 1.88. The summed E-state index contributed by atoms with van der Waals surface area (Å²) in [7, 11) is 0. The number of nitrogens with one attached hydrogen (secondary N) is 2. The summed E-state index contributed by atoms with van der Waals surface area (Å²) < 4.78 is 4.72. The van der Waals surface area contributed by atoms with Crippen molar-refractivity contribution in [3.8, 4) is 0 Å². The molecule has 0 spiro atoms. The van der Waals surface area contributed by atoms with Gasteiger partial charge in [0.15, 0.2) is 0 Å². The number of carbonyl (C=O) groups excluding carboxylic acids is 2. The van der Waals surface area contributed by atoms with E-state index in [2.05, 4.69) is 24.5 Å². The average molecular weight is 256 g/mol. The lowest BCUT2D eigenvalue weighted by Crippen LogP contribution is -2.30. The number of hydrogen-bond acceptors (Lipinski definition) is 4. The first-order valence-corrected chi connectivity index (χ1v) is 6.37. The number of ether oxygens (including phenoxy) is 1. The van der Waals surface area contributed by atoms with Crippen LogP contribution < -0.4 is 10.6 Å². The third-order valence-corrected chi connectivity index (χ3v) is 2.04. The first-order valence-electron chi connectivity index (χ1n) is 6.37. The van der Waals surface area contributed by atoms with Crippen LogP contribution in [-0.4, -0.2) is 38.1 Å². The van der Waals surface area contributed by atoms with Crippen molar-refractivity contribution in [3.05, 3.63) is 12.2 Å². The van der Waals surface area contributed by atoms with Gasteiger partial charge in [0.05, 0.1) is 6.61 Å². The zero-order chi connectivity index (χ0) is 13.8. The molecular weight excluding hydrogens is 232 g/mol. The van der Waals surface area contributed by atoms with Gasteiger partial charge in [-0.15, -0.1) is 0 Å². The van der Waals surface area contributed by atoms with Crippen molar-refractivity contribution < 1.29 is 14.3 Å². The molecule has 0 saturated carbocycles. The fourth-order valence-corrected chi connectivity index (χ4v) is 1.14. The summed E-state index contributed by atoms with van der Waals surface area (Å²) in [6, 6.07) is 0. The number of amides is 1. The lowest BCUT2D eigenvalue weighted by Gasteiger charge is -2.07. The van der Waals surface area contributed by atoms with Gasteiger partial charge in [-0.05, 0) is 12.8 Å². The lowest BCUT2D eigenvalue weighted by atomic mass is 10.2. The molecule has 0 bridgehead atoms. The van der Waals surface area contributed by atoms with Crippen LogP contribution in [-0.2, 0) is 14.3 Å². The van der Waals surface area contributed by atoms with E-state index in [1.165, 1.54) is 6.08 Å². The summed E-state index contributed by atoms with van der Waals surface area (Å²) >= 11 is 0. The lowest BCUT2D eigenvalue weighted by molar-refractivity contribution is -0.137. The molecule has 0 aromatic rings. The Morgan fingerprint density at radius 2 is 2.06 bits per heavy atom. The van der Waals surface area contributed by atoms with Crippen LogP contribution in [0.15, 0.2) is 12.2 Å². The van der Waals surface area contributed by atoms with Gasteiger partial charge in [-0.25, -0.2) is 4.79 Å². The standard InChI is InChI=1S/C13H24N2O3/c1-4-18-13(17)6-5-8-14-9-7-12(16)15-10-11(2)3/h5-6,11,14H,4,7-10H2,1-3H3,(H,15,16)/b6-5+. The number of hydrogen-bond donors (Lipinski definition) is 2. The van der Waals surface area contributed by atoms with Crippen molar-refractivity contribution in [2.45, 2.75) is 27.2 Å². The molecule has 5 heteroatoms. The Hall–Kier alpha value is -1.36. The third-order valence-electron chi connectivity index (χ3n) is 2.04. The number of rotatable bonds is 9. The second kappa shape index (κ2) is 10.8. The monoisotopic (exact) mass is 256 g/mol. The normalized spacial score (nSPS) is 10.9. The fraction of sp³-hybridized carbons (Fsp3) is 0.692. The first-order chi connectivity index (χ1) is 8.56. The van der Waals surface area contributed by atoms with Crippen molar-refractivity contribution >= 4 is 11.9 Å². The van der Waals surface area contributed by atoms with Crippen LogP contribution in [0.1, 0.15) is 27.2 Å². The minimum atomic E-state index is -0.339. The van der Waals surface area contributed by atoms with E-state index in [0.717, 1.165) is 0 Å². The molecule has 104 valence electrons. The van der Waals surface area contributed by atoms with Gasteiger partial charge in [0.25, 0.3) is 0 Å². The Balaban J connectivity index is 3.45. The van der Waals surface area contributed by atoms with E-state index in [9.17, 15) is 9.59 Å². The molecule has 0 aliphatic heterocycles. The van der Waals surface area contributed by atoms with E-state index >= 15 is 0 Å². The SMILES string of the molecule is CCOC(=O)/C=C/CNCCC(=O)NCC(C)C. The van der Waals surface area contributed by atoms with Crippen LogP contribution >= 0.6 is 0 Å². The average Bonchev–Trinajstić information content (AvgIpc) is 2.31. The van der Waals surface area contributed by atoms with Gasteiger partial charge in [-0.2, -0.15) is 0 Å². The van der Waals surface area contributed by atoms with Gasteiger partial charge in [0.1, 0.15) is 0 Å². The van der Waals surface area contributed by atoms with Crippen molar-refractivity contribution in [2.24, 2.45) is 5.92 Å². The highest BCUT2D eigenvalue weighted by molar-refractivity contribution is 5.81. The third kappa shape index (κ3) is 11.1. The van der Waals surface area contributed by atoms with Crippen LogP contribution in [0.25, 0.3) is 0 Å². The van der Waals surface area contributed by atoms with Crippen LogP contribution in [0.4, 0.5) is 0 Å². The summed E-state index contributed by atoms with van der Waals surface area (Å²) in [5, 5.41) is 5.88. The van der Waals surface area contributed by atoms with Crippen molar-refractivity contribution in [1.29, 1.82) is 0 Å². The molecule has 2 N–H and O–H groups in total. The maximum absolute atomic E-state index is 11.3. The van der Waals surface area contributed by atoms with Crippen molar-refractivity contribution in [2.75, 3.05) is 26.2 Å². The topological polar surface area (TPSA) is 67.4 Å². The molecule has 18 heavy (non-hydrogen) atoms. The Labute approximate surface area is 109 Å². The van der Waals surface area contributed by atoms with Gasteiger partial charge >= 0.3 is 5.97 Å². The predicted octanol–water partition coefficient (Wildman–Crippen LogP) is 0.858. The molecule has 0 radical (unpaired) electrons. The summed E-state index contributed by atoms with van der Waals surface area (Å²) in [6.07, 6.45) is 3.51. The van der Waals surface area contributed by atoms with E-state index in [0.29, 0.717) is 38.6 Å². The molecule has 0 heterocycles. The maximum Gasteiger partial charge on any atom is 0.330 e. The zero-order valence-corrected chi connectivity index (χ0v) is 11.5. The first kappa shape index (κ1) is 16.6. The predicted molar refractivity (Wildman–Crippen MR) is 71.1 cm³/mol. The summed E-state index contributed by atoms with van der Waals surface area (Å²) in [5.74, 6) is 0.175. The summed E-state index contributed by atoms with van der Waals surface area (Å²) in [6.45, 7) is 8.11. The van der Waals surface area contributed by atoms with Crippen LogP contribution in [0.3, 0.4) is 0 Å². The molecule has 0 saturated heterocycles. The molecule has 0 aliphatic carbocycles. The maximum atomic E-state index is 11.3. The molecule has 0 fully saturated rings. The molecule has 5 nitrogen and oxygen atoms in total. The second-order valence-electron chi connectivity index (χ2n) is 4.31. The highest BCUT2D eigenvalue weighted by Gasteiger charge is 2.00. The van der Waals surface area contributed by atoms with Crippen LogP contribution in [0.5, 0.6) is 0 Å². The Kier molecular flexibility index (Phi) is 9.96. The smallest absolute Gasteiger partial charge is 0.330 e. The second-order valence-corrected chi connectivity index (χ2v) is 4.31. The van der Waals surface area contributed by atoms with Gasteiger partial charge in [-0.1, -0.05) is 19.9 Å². The molecule has 0 unspecified atom stereocenters. The van der Waals surface area contributed by atoms with E-state index in [-0.39, 0.29) is 11.9 Å². The van der Waals surface area contributed by atoms with Crippen LogP contribution in [0, 0.1) is 5.92 Å². The molecule has 0 rings (SSSR count). The van der Waals surface area contributed by atoms with E-state index in [4.69, 9.17) is 4.74 Å². The minimum Gasteiger partial charge on any atom is -0.463 e. The van der Waals surface area contributed by atoms with Crippen molar-refractivity contribution in [1.82, 2.24) is 10.6 Å². The quantitative estimate of drug-likeness (QED) is 0.365. The van der Waals surface area contributed by atoms with Crippen LogP contribution in [0.2, 0.25) is 0 Å². The molecule has 0 aromatic heterocycles. The summed E-state index contributed by atoms with van der Waals surface area (Å²) in [5.41, 5.74) is 0. The van der Waals surface area contributed by atoms with Crippen molar-refractivity contribution in [3.63, 3.8) is 0 Å². The van der Waals surface area contributed by atoms with E-state index in [1.807, 2.05) is 0 Å². The number of esters is 1. The van der Waals surface area contributed by atoms with Gasteiger partial charge in [-0.3, -0.25) is 4.79 Å². The zero-order valence-electron chi connectivity index (χ0n) is 11.5. The number of carbonyl (C=O) groups is 2. The van der Waals surface area contributed by atoms with Gasteiger partial charge < -0.3 is 15.4 Å². The Morgan fingerprint density at radius 3 is 2.67 bits per heavy atom. The molecule has 1 amide bonds. The summed E-state index contributed by atoms with van der Waals surface area (Å²) in [4.78, 5) is 22.3. The van der Waals surface area contributed by atoms with E-state index < -0.39 is 0 Å². The Bertz CT molecular complexity index is 275. The Morgan fingerprint density at radius 1 is 1.33 bits per heavy atom. The fourth-order valence-electron chi connectivity index (χ4n) is 1.14. The van der Waals surface area contributed by atoms with Gasteiger partial charge in [0, 0.05) is 32.1 Å². The van der Waals surface area contributed by atoms with Gasteiger partial charge in [0.2, 0.25) is 5.91 Å². The van der Waals surface area contributed by atoms with E-state index in [1.54, 1.807) is 13.0 Å². The molecule has 0 atom stereocenters. The molecule has 0 aromatic carbocycles. The minimum absolute atomic E-state index is 0.0468.